The number of sulfonamides is 1. The molecule has 1 aliphatic rings. The minimum atomic E-state index is -3.49. The molecule has 0 spiro atoms. The summed E-state index contributed by atoms with van der Waals surface area (Å²) in [5, 5.41) is 2.95. The number of aromatic nitrogens is 4. The van der Waals surface area contributed by atoms with Crippen molar-refractivity contribution in [3.63, 3.8) is 0 Å². The first kappa shape index (κ1) is 23.4. The Balaban J connectivity index is 1.45. The molecule has 1 aliphatic heterocycles. The number of carbonyl (C=O) groups excluding carboxylic acids is 1. The number of benzene rings is 1. The molecule has 0 bridgehead atoms. The first-order valence-electron chi connectivity index (χ1n) is 11.6. The summed E-state index contributed by atoms with van der Waals surface area (Å²) in [7, 11) is -1.56. The van der Waals surface area contributed by atoms with Crippen molar-refractivity contribution in [1.29, 1.82) is 0 Å². The fourth-order valence-electron chi connectivity index (χ4n) is 4.33. The van der Waals surface area contributed by atoms with E-state index in [1.165, 1.54) is 0 Å². The predicted molar refractivity (Wildman–Crippen MR) is 126 cm³/mol. The number of fused-ring (bicyclic) bond motifs is 1. The van der Waals surface area contributed by atoms with Crippen LogP contribution in [0, 0.1) is 0 Å². The van der Waals surface area contributed by atoms with E-state index >= 15 is 0 Å². The molecule has 1 N–H and O–H groups in total. The smallest absolute Gasteiger partial charge is 0.243 e. The summed E-state index contributed by atoms with van der Waals surface area (Å²) >= 11 is 0. The number of aryl methyl sites for hydroxylation is 3. The zero-order valence-corrected chi connectivity index (χ0v) is 20.1. The SMILES string of the molecule is CCCn1c(CCC(=O)NCCc2nccn2C)nc2cc(S(=O)(=O)N3CCCC3)ccc21. The highest BCUT2D eigenvalue weighted by Crippen LogP contribution is 2.25. The second kappa shape index (κ2) is 10.0. The van der Waals surface area contributed by atoms with Crippen LogP contribution in [0.25, 0.3) is 11.0 Å². The molecule has 0 saturated carbocycles. The maximum absolute atomic E-state index is 12.9. The number of nitrogens with zero attached hydrogens (tertiary/aromatic N) is 5. The largest absolute Gasteiger partial charge is 0.356 e. The van der Waals surface area contributed by atoms with Crippen molar-refractivity contribution in [2.24, 2.45) is 7.05 Å². The van der Waals surface area contributed by atoms with Crippen LogP contribution >= 0.6 is 0 Å². The Hall–Kier alpha value is -2.72. The first-order chi connectivity index (χ1) is 15.9. The lowest BCUT2D eigenvalue weighted by molar-refractivity contribution is -0.121. The third-order valence-electron chi connectivity index (χ3n) is 6.12. The molecule has 2 aromatic heterocycles. The monoisotopic (exact) mass is 472 g/mol. The molecule has 0 unspecified atom stereocenters. The van der Waals surface area contributed by atoms with Gasteiger partial charge in [-0.3, -0.25) is 4.79 Å². The van der Waals surface area contributed by atoms with Crippen LogP contribution in [-0.2, 0) is 41.3 Å². The summed E-state index contributed by atoms with van der Waals surface area (Å²) in [6.07, 6.45) is 7.86. The van der Waals surface area contributed by atoms with Crippen LogP contribution in [0.1, 0.15) is 44.3 Å². The van der Waals surface area contributed by atoms with Crippen LogP contribution in [0.2, 0.25) is 0 Å². The van der Waals surface area contributed by atoms with Crippen molar-refractivity contribution in [2.75, 3.05) is 19.6 Å². The molecule has 0 atom stereocenters. The first-order valence-corrected chi connectivity index (χ1v) is 13.1. The van der Waals surface area contributed by atoms with Crippen LogP contribution in [0.5, 0.6) is 0 Å². The van der Waals surface area contributed by atoms with Crippen molar-refractivity contribution in [2.45, 2.75) is 56.9 Å². The maximum Gasteiger partial charge on any atom is 0.243 e. The Morgan fingerprint density at radius 2 is 1.94 bits per heavy atom. The van der Waals surface area contributed by atoms with Crippen molar-refractivity contribution in [3.05, 3.63) is 42.2 Å². The fraction of sp³-hybridized carbons (Fsp3) is 0.522. The van der Waals surface area contributed by atoms with Gasteiger partial charge in [0.15, 0.2) is 0 Å². The number of hydrogen-bond acceptors (Lipinski definition) is 5. The van der Waals surface area contributed by atoms with E-state index in [4.69, 9.17) is 4.98 Å². The van der Waals surface area contributed by atoms with Crippen LogP contribution in [0.3, 0.4) is 0 Å². The van der Waals surface area contributed by atoms with Gasteiger partial charge in [-0.25, -0.2) is 18.4 Å². The molecule has 0 aliphatic carbocycles. The second-order valence-electron chi connectivity index (χ2n) is 8.50. The van der Waals surface area contributed by atoms with Gasteiger partial charge in [0.05, 0.1) is 15.9 Å². The van der Waals surface area contributed by atoms with Gasteiger partial charge in [0.2, 0.25) is 15.9 Å². The number of imidazole rings is 2. The Bertz CT molecular complexity index is 1220. The van der Waals surface area contributed by atoms with Gasteiger partial charge in [0, 0.05) is 64.9 Å². The average molecular weight is 473 g/mol. The van der Waals surface area contributed by atoms with E-state index in [2.05, 4.69) is 21.8 Å². The highest BCUT2D eigenvalue weighted by atomic mass is 32.2. The minimum Gasteiger partial charge on any atom is -0.356 e. The third-order valence-corrected chi connectivity index (χ3v) is 8.01. The summed E-state index contributed by atoms with van der Waals surface area (Å²) in [5.74, 6) is 1.71. The number of hydrogen-bond donors (Lipinski definition) is 1. The molecule has 33 heavy (non-hydrogen) atoms. The summed E-state index contributed by atoms with van der Waals surface area (Å²) in [5.41, 5.74) is 1.57. The summed E-state index contributed by atoms with van der Waals surface area (Å²) in [6.45, 7) is 4.54. The van der Waals surface area contributed by atoms with Gasteiger partial charge < -0.3 is 14.5 Å². The lowest BCUT2D eigenvalue weighted by atomic mass is 10.2. The van der Waals surface area contributed by atoms with Crippen molar-refractivity contribution < 1.29 is 13.2 Å². The Labute approximate surface area is 194 Å². The molecule has 1 amide bonds. The zero-order valence-electron chi connectivity index (χ0n) is 19.3. The van der Waals surface area contributed by atoms with E-state index in [-0.39, 0.29) is 10.8 Å². The lowest BCUT2D eigenvalue weighted by Crippen LogP contribution is -2.27. The number of amides is 1. The van der Waals surface area contributed by atoms with Crippen molar-refractivity contribution in [1.82, 2.24) is 28.7 Å². The minimum absolute atomic E-state index is 0.0309. The van der Waals surface area contributed by atoms with Gasteiger partial charge in [0.1, 0.15) is 11.6 Å². The maximum atomic E-state index is 12.9. The molecule has 1 aromatic carbocycles. The third kappa shape index (κ3) is 5.11. The van der Waals surface area contributed by atoms with E-state index in [0.29, 0.717) is 44.4 Å². The molecule has 0 radical (unpaired) electrons. The summed E-state index contributed by atoms with van der Waals surface area (Å²) < 4.78 is 31.5. The molecular weight excluding hydrogens is 440 g/mol. The lowest BCUT2D eigenvalue weighted by Gasteiger charge is -2.15. The van der Waals surface area contributed by atoms with Crippen molar-refractivity contribution >= 4 is 27.0 Å². The Morgan fingerprint density at radius 1 is 1.15 bits per heavy atom. The zero-order chi connectivity index (χ0) is 23.4. The van der Waals surface area contributed by atoms with E-state index in [1.807, 2.05) is 23.9 Å². The number of carbonyl (C=O) groups is 1. The molecule has 1 fully saturated rings. The highest BCUT2D eigenvalue weighted by molar-refractivity contribution is 7.89. The second-order valence-corrected chi connectivity index (χ2v) is 10.4. The molecule has 3 aromatic rings. The topological polar surface area (TPSA) is 102 Å². The Kier molecular flexibility index (Phi) is 7.14. The van der Waals surface area contributed by atoms with E-state index < -0.39 is 10.0 Å². The van der Waals surface area contributed by atoms with Gasteiger partial charge >= 0.3 is 0 Å². The molecule has 178 valence electrons. The average Bonchev–Trinajstić information content (AvgIpc) is 3.54. The van der Waals surface area contributed by atoms with Crippen LogP contribution < -0.4 is 5.32 Å². The molecule has 4 rings (SSSR count). The van der Waals surface area contributed by atoms with Gasteiger partial charge in [-0.2, -0.15) is 4.31 Å². The van der Waals surface area contributed by atoms with E-state index in [0.717, 1.165) is 43.0 Å². The normalized spacial score (nSPS) is 14.8. The molecule has 1 saturated heterocycles. The standard InChI is InChI=1S/C23H32N6O3S/c1-3-13-29-20-7-6-18(33(31,32)28-14-4-5-15-28)17-19(20)26-22(29)8-9-23(30)25-11-10-21-24-12-16-27(21)2/h6-7,12,16-17H,3-5,8-11,13-15H2,1-2H3,(H,25,30). The quantitative estimate of drug-likeness (QED) is 0.488. The predicted octanol–water partition coefficient (Wildman–Crippen LogP) is 2.26. The highest BCUT2D eigenvalue weighted by Gasteiger charge is 2.27. The van der Waals surface area contributed by atoms with Crippen LogP contribution in [-0.4, -0.2) is 57.4 Å². The molecule has 10 heteroatoms. The van der Waals surface area contributed by atoms with E-state index in [9.17, 15) is 13.2 Å². The fourth-order valence-corrected chi connectivity index (χ4v) is 5.86. The van der Waals surface area contributed by atoms with Gasteiger partial charge in [-0.05, 0) is 37.5 Å². The van der Waals surface area contributed by atoms with Gasteiger partial charge in [0.25, 0.3) is 0 Å². The Morgan fingerprint density at radius 3 is 2.64 bits per heavy atom. The number of nitrogens with one attached hydrogen (secondary N) is 1. The van der Waals surface area contributed by atoms with Gasteiger partial charge in [-0.15, -0.1) is 0 Å². The van der Waals surface area contributed by atoms with E-state index in [1.54, 1.807) is 22.6 Å². The molecular formula is C23H32N6O3S. The molecule has 3 heterocycles. The van der Waals surface area contributed by atoms with Crippen LogP contribution in [0.4, 0.5) is 0 Å². The van der Waals surface area contributed by atoms with Crippen LogP contribution in [0.15, 0.2) is 35.5 Å². The van der Waals surface area contributed by atoms with Gasteiger partial charge in [-0.1, -0.05) is 6.92 Å². The summed E-state index contributed by atoms with van der Waals surface area (Å²) in [6, 6.07) is 5.20. The number of rotatable bonds is 10. The van der Waals surface area contributed by atoms with Crippen molar-refractivity contribution in [3.8, 4) is 0 Å². The molecule has 9 nitrogen and oxygen atoms in total. The summed E-state index contributed by atoms with van der Waals surface area (Å²) in [4.78, 5) is 21.7.